The van der Waals surface area contributed by atoms with E-state index in [0.717, 1.165) is 25.0 Å². The van der Waals surface area contributed by atoms with Gasteiger partial charge in [0.2, 0.25) is 0 Å². The van der Waals surface area contributed by atoms with Crippen molar-refractivity contribution in [1.82, 2.24) is 0 Å². The minimum atomic E-state index is -0.665. The largest absolute Gasteiger partial charge is 0.446 e. The van der Waals surface area contributed by atoms with Crippen LogP contribution < -0.4 is 5.73 Å². The van der Waals surface area contributed by atoms with Gasteiger partial charge >= 0.3 is 6.09 Å². The first kappa shape index (κ1) is 12.6. The third-order valence-corrected chi connectivity index (χ3v) is 3.61. The number of carbonyl (C=O) groups excluding carboxylic acids is 1. The fraction of sp³-hybridized carbons (Fsp3) is 0.900. The predicted molar refractivity (Wildman–Crippen MR) is 61.0 cm³/mol. The Hall–Kier alpha value is -0.420. The van der Waals surface area contributed by atoms with E-state index in [4.69, 9.17) is 15.2 Å². The Bertz CT molecular complexity index is 213. The lowest BCUT2D eigenvalue weighted by atomic mass is 9.85. The molecule has 1 rings (SSSR count). The van der Waals surface area contributed by atoms with E-state index in [1.807, 2.05) is 0 Å². The first-order chi connectivity index (χ1) is 7.17. The number of hydrogen-bond acceptors (Lipinski definition) is 4. The van der Waals surface area contributed by atoms with Crippen LogP contribution in [0.5, 0.6) is 0 Å². The molecular weight excluding hydrogens is 214 g/mol. The molecule has 5 heteroatoms. The molecule has 15 heavy (non-hydrogen) atoms. The molecule has 0 aromatic heterocycles. The van der Waals surface area contributed by atoms with Crippen molar-refractivity contribution in [2.75, 3.05) is 19.1 Å². The third kappa shape index (κ3) is 3.91. The number of methoxy groups -OCH3 is 1. The summed E-state index contributed by atoms with van der Waals surface area (Å²) in [6, 6.07) is 0. The molecule has 1 aliphatic rings. The van der Waals surface area contributed by atoms with Crippen molar-refractivity contribution in [2.24, 2.45) is 11.7 Å². The predicted octanol–water partition coefficient (Wildman–Crippen LogP) is 1.63. The highest BCUT2D eigenvalue weighted by Crippen LogP contribution is 2.30. The molecule has 0 spiro atoms. The van der Waals surface area contributed by atoms with Gasteiger partial charge in [0, 0.05) is 13.0 Å². The lowest BCUT2D eigenvalue weighted by molar-refractivity contribution is -0.0132. The van der Waals surface area contributed by atoms with E-state index in [2.05, 4.69) is 6.26 Å². The average molecular weight is 233 g/mol. The summed E-state index contributed by atoms with van der Waals surface area (Å²) in [5.41, 5.74) is 5.05. The topological polar surface area (TPSA) is 61.6 Å². The molecule has 1 fully saturated rings. The number of ether oxygens (including phenoxy) is 2. The molecule has 0 aromatic carbocycles. The van der Waals surface area contributed by atoms with E-state index in [9.17, 15) is 4.79 Å². The van der Waals surface area contributed by atoms with Crippen molar-refractivity contribution >= 4 is 17.9 Å². The molecule has 0 bridgehead atoms. The summed E-state index contributed by atoms with van der Waals surface area (Å²) >= 11 is 1.76. The number of hydrogen-bond donors (Lipinski definition) is 1. The Morgan fingerprint density at radius 1 is 1.53 bits per heavy atom. The van der Waals surface area contributed by atoms with E-state index in [-0.39, 0.29) is 6.10 Å². The van der Waals surface area contributed by atoms with E-state index < -0.39 is 6.09 Å². The summed E-state index contributed by atoms with van der Waals surface area (Å²) in [5, 5.41) is 0. The molecule has 1 amide bonds. The SMILES string of the molecule is COC1CCC(OC(N)=O)C(CSC)C1. The monoisotopic (exact) mass is 233 g/mol. The van der Waals surface area contributed by atoms with Crippen LogP contribution in [0.1, 0.15) is 19.3 Å². The Kier molecular flexibility index (Phi) is 5.25. The summed E-state index contributed by atoms with van der Waals surface area (Å²) in [6.45, 7) is 0. The van der Waals surface area contributed by atoms with Crippen LogP contribution in [0.25, 0.3) is 0 Å². The second-order valence-corrected chi connectivity index (χ2v) is 4.77. The summed E-state index contributed by atoms with van der Waals surface area (Å²) < 4.78 is 10.5. The summed E-state index contributed by atoms with van der Waals surface area (Å²) in [4.78, 5) is 10.7. The minimum absolute atomic E-state index is 0.0265. The number of nitrogens with two attached hydrogens (primary N) is 1. The van der Waals surface area contributed by atoms with Crippen LogP contribution in [0, 0.1) is 5.92 Å². The summed E-state index contributed by atoms with van der Waals surface area (Å²) in [7, 11) is 1.73. The van der Waals surface area contributed by atoms with Gasteiger partial charge in [0.25, 0.3) is 0 Å². The van der Waals surface area contributed by atoms with Gasteiger partial charge in [-0.1, -0.05) is 0 Å². The zero-order valence-electron chi connectivity index (χ0n) is 9.27. The van der Waals surface area contributed by atoms with Gasteiger partial charge in [0.1, 0.15) is 6.10 Å². The van der Waals surface area contributed by atoms with E-state index in [1.165, 1.54) is 0 Å². The third-order valence-electron chi connectivity index (χ3n) is 2.85. The normalized spacial score (nSPS) is 31.2. The van der Waals surface area contributed by atoms with Gasteiger partial charge in [0.05, 0.1) is 6.10 Å². The molecule has 88 valence electrons. The number of rotatable bonds is 4. The van der Waals surface area contributed by atoms with Crippen LogP contribution >= 0.6 is 11.8 Å². The van der Waals surface area contributed by atoms with E-state index >= 15 is 0 Å². The molecule has 0 saturated heterocycles. The van der Waals surface area contributed by atoms with Crippen LogP contribution in [-0.4, -0.2) is 37.4 Å². The molecule has 3 atom stereocenters. The van der Waals surface area contributed by atoms with Gasteiger partial charge in [0.15, 0.2) is 0 Å². The van der Waals surface area contributed by atoms with Crippen molar-refractivity contribution in [2.45, 2.75) is 31.5 Å². The van der Waals surface area contributed by atoms with Gasteiger partial charge in [-0.25, -0.2) is 4.79 Å². The lowest BCUT2D eigenvalue weighted by Crippen LogP contribution is -2.38. The summed E-state index contributed by atoms with van der Waals surface area (Å²) in [5.74, 6) is 1.35. The maximum absolute atomic E-state index is 10.7. The van der Waals surface area contributed by atoms with Crippen molar-refractivity contribution < 1.29 is 14.3 Å². The molecule has 0 aliphatic heterocycles. The molecule has 1 saturated carbocycles. The zero-order chi connectivity index (χ0) is 11.3. The molecule has 1 aliphatic carbocycles. The van der Waals surface area contributed by atoms with Crippen LogP contribution in [-0.2, 0) is 9.47 Å². The number of primary amides is 1. The van der Waals surface area contributed by atoms with Crippen LogP contribution in [0.15, 0.2) is 0 Å². The van der Waals surface area contributed by atoms with Crippen LogP contribution in [0.3, 0.4) is 0 Å². The Balaban J connectivity index is 2.50. The smallest absolute Gasteiger partial charge is 0.404 e. The maximum Gasteiger partial charge on any atom is 0.404 e. The first-order valence-corrected chi connectivity index (χ1v) is 6.54. The summed E-state index contributed by atoms with van der Waals surface area (Å²) in [6.07, 6.45) is 4.41. The van der Waals surface area contributed by atoms with Gasteiger partial charge in [-0.2, -0.15) is 11.8 Å². The van der Waals surface area contributed by atoms with E-state index in [1.54, 1.807) is 18.9 Å². The Morgan fingerprint density at radius 3 is 2.80 bits per heavy atom. The highest BCUT2D eigenvalue weighted by Gasteiger charge is 2.32. The van der Waals surface area contributed by atoms with Gasteiger partial charge in [-0.05, 0) is 31.3 Å². The van der Waals surface area contributed by atoms with Gasteiger partial charge in [-0.15, -0.1) is 0 Å². The average Bonchev–Trinajstić information content (AvgIpc) is 2.20. The molecular formula is C10H19NO3S. The standard InChI is InChI=1S/C10H19NO3S/c1-13-8-3-4-9(14-10(11)12)7(5-8)6-15-2/h7-9H,3-6H2,1-2H3,(H2,11,12). The maximum atomic E-state index is 10.7. The molecule has 4 nitrogen and oxygen atoms in total. The molecule has 0 heterocycles. The molecule has 2 N–H and O–H groups in total. The zero-order valence-corrected chi connectivity index (χ0v) is 10.1. The Labute approximate surface area is 94.9 Å². The minimum Gasteiger partial charge on any atom is -0.446 e. The molecule has 0 radical (unpaired) electrons. The second kappa shape index (κ2) is 6.23. The first-order valence-electron chi connectivity index (χ1n) is 5.15. The molecule has 3 unspecified atom stereocenters. The van der Waals surface area contributed by atoms with Crippen molar-refractivity contribution in [1.29, 1.82) is 0 Å². The van der Waals surface area contributed by atoms with Crippen LogP contribution in [0.4, 0.5) is 4.79 Å². The lowest BCUT2D eigenvalue weighted by Gasteiger charge is -2.34. The number of thioether (sulfide) groups is 1. The van der Waals surface area contributed by atoms with Gasteiger partial charge < -0.3 is 15.2 Å². The van der Waals surface area contributed by atoms with Crippen molar-refractivity contribution in [3.05, 3.63) is 0 Å². The highest BCUT2D eigenvalue weighted by molar-refractivity contribution is 7.98. The van der Waals surface area contributed by atoms with Crippen molar-refractivity contribution in [3.8, 4) is 0 Å². The van der Waals surface area contributed by atoms with Crippen molar-refractivity contribution in [3.63, 3.8) is 0 Å². The van der Waals surface area contributed by atoms with E-state index in [0.29, 0.717) is 12.0 Å². The Morgan fingerprint density at radius 2 is 2.27 bits per heavy atom. The quantitative estimate of drug-likeness (QED) is 0.801. The van der Waals surface area contributed by atoms with Gasteiger partial charge in [-0.3, -0.25) is 0 Å². The fourth-order valence-electron chi connectivity index (χ4n) is 2.10. The highest BCUT2D eigenvalue weighted by atomic mass is 32.2. The molecule has 0 aromatic rings. The fourth-order valence-corrected chi connectivity index (χ4v) is 2.88. The number of amides is 1. The van der Waals surface area contributed by atoms with Crippen LogP contribution in [0.2, 0.25) is 0 Å². The number of carbonyl (C=O) groups is 1. The second-order valence-electron chi connectivity index (χ2n) is 3.86.